The van der Waals surface area contributed by atoms with E-state index in [1.807, 2.05) is 66.7 Å². The average molecular weight is 1330 g/mol. The number of Topliss-reactive ketones (excluding diaryl/α,β-unsaturated/α-hetero) is 2. The van der Waals surface area contributed by atoms with Crippen LogP contribution in [-0.4, -0.2) is 107 Å². The van der Waals surface area contributed by atoms with Gasteiger partial charge < -0.3 is 33.3 Å². The second-order valence-electron chi connectivity index (χ2n) is 26.7. The van der Waals surface area contributed by atoms with Gasteiger partial charge in [-0.3, -0.25) is 9.59 Å². The van der Waals surface area contributed by atoms with E-state index in [1.54, 1.807) is 0 Å². The zero-order valence-corrected chi connectivity index (χ0v) is 60.4. The smallest absolute Gasteiger partial charge is 0.395 e. The fourth-order valence-electron chi connectivity index (χ4n) is 13.6. The second kappa shape index (κ2) is 50.3. The molecule has 0 unspecified atom stereocenters. The van der Waals surface area contributed by atoms with Crippen LogP contribution in [0.15, 0.2) is 140 Å². The van der Waals surface area contributed by atoms with Crippen molar-refractivity contribution in [3.8, 4) is 0 Å². The van der Waals surface area contributed by atoms with Gasteiger partial charge in [0.05, 0.1) is 37.9 Å². The van der Waals surface area contributed by atoms with Gasteiger partial charge in [0, 0.05) is 46.2 Å². The lowest BCUT2D eigenvalue weighted by Crippen LogP contribution is -2.39. The maximum atomic E-state index is 14.6. The molecule has 0 bridgehead atoms. The highest BCUT2D eigenvalue weighted by atomic mass is 32.3. The number of aryl methyl sites for hydroxylation is 2. The van der Waals surface area contributed by atoms with E-state index in [0.717, 1.165) is 42.4 Å². The Balaban J connectivity index is 1.25. The number of aliphatic hydroxyl groups is 4. The summed E-state index contributed by atoms with van der Waals surface area (Å²) >= 11 is 0. The highest BCUT2D eigenvalue weighted by Gasteiger charge is 2.42. The molecule has 0 heterocycles. The summed E-state index contributed by atoms with van der Waals surface area (Å²) in [6, 6.07) is 47.1. The van der Waals surface area contributed by atoms with Crippen LogP contribution in [0.1, 0.15) is 281 Å². The van der Waals surface area contributed by atoms with E-state index in [9.17, 15) is 30.0 Å². The second-order valence-corrected chi connectivity index (χ2v) is 33.2. The minimum atomic E-state index is -2.69. The third kappa shape index (κ3) is 31.2. The number of rotatable bonds is 60. The Bertz CT molecular complexity index is 2420. The Morgan fingerprint density at radius 1 is 0.351 bits per heavy atom. The number of hydrogen-bond donors (Lipinski definition) is 4. The number of hydrogen-bond acceptors (Lipinski definition) is 9. The average Bonchev–Trinajstić information content (AvgIpc) is 0.767. The zero-order chi connectivity index (χ0) is 66.9. The summed E-state index contributed by atoms with van der Waals surface area (Å²) in [5.74, 6) is -0.332. The van der Waals surface area contributed by atoms with E-state index in [1.165, 1.54) is 204 Å². The molecule has 0 aliphatic heterocycles. The Labute approximate surface area is 575 Å². The quantitative estimate of drug-likeness (QED) is 0.0129. The van der Waals surface area contributed by atoms with Crippen molar-refractivity contribution in [2.24, 2.45) is 0 Å². The molecule has 0 spiro atoms. The van der Waals surface area contributed by atoms with Gasteiger partial charge in [0.1, 0.15) is 0 Å². The van der Waals surface area contributed by atoms with Crippen molar-refractivity contribution < 1.29 is 42.9 Å². The molecule has 0 saturated carbocycles. The molecule has 0 fully saturated rings. The lowest BCUT2D eigenvalue weighted by molar-refractivity contribution is 0.101. The summed E-state index contributed by atoms with van der Waals surface area (Å²) in [4.78, 5) is 29.2. The molecule has 4 N–H and O–H groups in total. The summed E-state index contributed by atoms with van der Waals surface area (Å²) in [6.45, 7) is 3.41. The molecule has 5 aromatic rings. The van der Waals surface area contributed by atoms with Gasteiger partial charge in [0.25, 0.3) is 0 Å². The predicted octanol–water partition coefficient (Wildman–Crippen LogP) is 20.6. The number of carbonyl (C=O) groups excluding carboxylic acids is 2. The first-order valence-corrected chi connectivity index (χ1v) is 41.7. The molecule has 0 aromatic heterocycles. The Morgan fingerprint density at radius 2 is 0.617 bits per heavy atom. The SMILES string of the molecule is CCCCCCCCCCCCCCCCCCc1ccc(C(=O)CS(CCO)(CCO)OB(OCCCC(c2ccccc2)(c2ccccc2)c2ccccc2)OS(CCO)(CCO)CC(=O)c2ccc(CCCCCCCCCCCCCCCCCC)cc2)cc1. The van der Waals surface area contributed by atoms with Gasteiger partial charge in [0.15, 0.2) is 11.6 Å². The monoisotopic (exact) mass is 1330 g/mol. The topological polar surface area (TPSA) is 143 Å². The minimum absolute atomic E-state index is 0.0616. The molecule has 0 saturated heterocycles. The normalized spacial score (nSPS) is 12.4. The van der Waals surface area contributed by atoms with E-state index >= 15 is 0 Å². The van der Waals surface area contributed by atoms with E-state index in [-0.39, 0.29) is 79.1 Å². The van der Waals surface area contributed by atoms with Crippen LogP contribution < -0.4 is 0 Å². The first kappa shape index (κ1) is 80.6. The Kier molecular flexibility index (Phi) is 43.1. The largest absolute Gasteiger partial charge is 0.660 e. The van der Waals surface area contributed by atoms with Crippen LogP contribution >= 0.6 is 20.6 Å². The molecule has 0 atom stereocenters. The molecule has 5 aromatic carbocycles. The van der Waals surface area contributed by atoms with Gasteiger partial charge in [-0.25, -0.2) is 0 Å². The number of aliphatic hydroxyl groups excluding tert-OH is 4. The summed E-state index contributed by atoms with van der Waals surface area (Å²) in [6.07, 6.45) is 45.5. The minimum Gasteiger partial charge on any atom is -0.395 e. The van der Waals surface area contributed by atoms with Crippen molar-refractivity contribution in [1.82, 2.24) is 0 Å². The third-order valence-corrected chi connectivity index (χ3v) is 25.6. The number of unbranched alkanes of at least 4 members (excludes halogenated alkanes) is 30. The molecule has 5 rings (SSSR count). The highest BCUT2D eigenvalue weighted by molar-refractivity contribution is 8.32. The zero-order valence-electron chi connectivity index (χ0n) is 58.7. The van der Waals surface area contributed by atoms with Gasteiger partial charge in [-0.05, 0) is 66.3 Å². The fraction of sp³-hybridized carbons (Fsp3) is 0.610. The summed E-state index contributed by atoms with van der Waals surface area (Å²) < 4.78 is 20.9. The fourth-order valence-corrected chi connectivity index (χ4v) is 18.6. The Hall–Kier alpha value is -4.08. The maximum absolute atomic E-state index is 14.6. The van der Waals surface area contributed by atoms with Crippen molar-refractivity contribution in [1.29, 1.82) is 0 Å². The van der Waals surface area contributed by atoms with Crippen LogP contribution in [0.25, 0.3) is 0 Å². The Morgan fingerprint density at radius 3 is 0.883 bits per heavy atom. The molecular weight excluding hydrogens is 1200 g/mol. The highest BCUT2D eigenvalue weighted by Crippen LogP contribution is 2.55. The predicted molar refractivity (Wildman–Crippen MR) is 403 cm³/mol. The van der Waals surface area contributed by atoms with Crippen LogP contribution in [0.3, 0.4) is 0 Å². The van der Waals surface area contributed by atoms with E-state index in [0.29, 0.717) is 24.0 Å². The summed E-state index contributed by atoms with van der Waals surface area (Å²) in [7, 11) is -6.87. The van der Waals surface area contributed by atoms with Crippen molar-refractivity contribution in [3.63, 3.8) is 0 Å². The van der Waals surface area contributed by atoms with Crippen molar-refractivity contribution in [3.05, 3.63) is 178 Å². The number of benzene rings is 5. The molecule has 524 valence electrons. The molecular formula is C82H127BO9S2. The van der Waals surface area contributed by atoms with Crippen molar-refractivity contribution >= 4 is 39.5 Å². The maximum Gasteiger partial charge on any atom is 0.660 e. The third-order valence-electron chi connectivity index (χ3n) is 19.1. The molecule has 12 heteroatoms. The molecule has 0 aliphatic rings. The molecule has 0 aliphatic carbocycles. The molecule has 0 amide bonds. The van der Waals surface area contributed by atoms with Crippen LogP contribution in [0, 0.1) is 0 Å². The number of ketones is 2. The first-order chi connectivity index (χ1) is 46.2. The van der Waals surface area contributed by atoms with Crippen LogP contribution in [0.5, 0.6) is 0 Å². The van der Waals surface area contributed by atoms with Gasteiger partial charge in [0.2, 0.25) is 0 Å². The number of carbonyl (C=O) groups is 2. The first-order valence-electron chi connectivity index (χ1n) is 37.5. The lowest BCUT2D eigenvalue weighted by Gasteiger charge is -2.44. The van der Waals surface area contributed by atoms with E-state index < -0.39 is 33.4 Å². The van der Waals surface area contributed by atoms with Crippen LogP contribution in [0.2, 0.25) is 0 Å². The van der Waals surface area contributed by atoms with Gasteiger partial charge >= 0.3 is 7.32 Å². The molecule has 0 radical (unpaired) electrons. The standard InChI is InChI=1S/C82H127BO9S2/c1-3-5-7-9-11-13-15-17-19-21-23-25-27-29-31-36-45-73-53-57-75(58-54-73)80(88)71-93(67-62-84,68-63-85)91-83(90-66-44-61-82(77-47-38-33-39-48-77,78-49-40-34-41-50-78)79-51-42-35-43-52-79)92-94(69-64-86,70-65-87)72-81(89)76-59-55-74(56-60-76)46-37-32-30-28-26-24-22-20-18-16-14-12-10-8-6-4-2/h33-35,38-43,47-60,84-87H,3-32,36-37,44-46,61-72H2,1-2H3. The van der Waals surface area contributed by atoms with Crippen LogP contribution in [0.4, 0.5) is 0 Å². The van der Waals surface area contributed by atoms with Gasteiger partial charge in [-0.15, -0.1) is 20.6 Å². The lowest BCUT2D eigenvalue weighted by atomic mass is 9.67. The van der Waals surface area contributed by atoms with Crippen molar-refractivity contribution in [2.75, 3.05) is 67.6 Å². The van der Waals surface area contributed by atoms with Gasteiger partial charge in [-0.1, -0.05) is 346 Å². The summed E-state index contributed by atoms with van der Waals surface area (Å²) in [5, 5.41) is 43.2. The van der Waals surface area contributed by atoms with Gasteiger partial charge in [-0.2, -0.15) is 0 Å². The summed E-state index contributed by atoms with van der Waals surface area (Å²) in [5.41, 5.74) is 6.21. The molecule has 94 heavy (non-hydrogen) atoms. The van der Waals surface area contributed by atoms with Crippen molar-refractivity contribution in [2.45, 2.75) is 250 Å². The van der Waals surface area contributed by atoms with E-state index in [4.69, 9.17) is 12.9 Å². The molecule has 9 nitrogen and oxygen atoms in total. The van der Waals surface area contributed by atoms with Crippen LogP contribution in [-0.2, 0) is 31.1 Å². The van der Waals surface area contributed by atoms with E-state index in [2.05, 4.69) is 86.6 Å².